The molecule has 0 bridgehead atoms. The molecule has 0 saturated carbocycles. The van der Waals surface area contributed by atoms with Gasteiger partial charge in [-0.15, -0.1) is 0 Å². The molecule has 0 aromatic heterocycles. The van der Waals surface area contributed by atoms with E-state index in [1.54, 1.807) is 0 Å². The quantitative estimate of drug-likeness (QED) is 0.658. The molecule has 0 spiro atoms. The largest absolute Gasteiger partial charge is 0.483 e. The second-order valence-electron chi connectivity index (χ2n) is 4.62. The minimum Gasteiger partial charge on any atom is -0.483 e. The van der Waals surface area contributed by atoms with E-state index in [2.05, 4.69) is 26.5 Å². The van der Waals surface area contributed by atoms with Gasteiger partial charge in [-0.05, 0) is 46.1 Å². The predicted molar refractivity (Wildman–Crippen MR) is 88.7 cm³/mol. The Labute approximate surface area is 132 Å². The van der Waals surface area contributed by atoms with Crippen LogP contribution in [0.5, 0.6) is 5.75 Å². The molecule has 0 radical (unpaired) electrons. The van der Waals surface area contributed by atoms with Crippen LogP contribution < -0.4 is 10.2 Å². The van der Waals surface area contributed by atoms with Gasteiger partial charge in [-0.1, -0.05) is 37.3 Å². The van der Waals surface area contributed by atoms with Crippen molar-refractivity contribution < 1.29 is 9.53 Å². The van der Waals surface area contributed by atoms with E-state index in [9.17, 15) is 4.79 Å². The van der Waals surface area contributed by atoms with Crippen LogP contribution in [0.15, 0.2) is 46.0 Å². The van der Waals surface area contributed by atoms with Crippen LogP contribution >= 0.6 is 15.9 Å². The molecule has 0 unspecified atom stereocenters. The van der Waals surface area contributed by atoms with Crippen molar-refractivity contribution in [3.63, 3.8) is 0 Å². The van der Waals surface area contributed by atoms with Gasteiger partial charge >= 0.3 is 0 Å². The third-order valence-electron chi connectivity index (χ3n) is 3.07. The summed E-state index contributed by atoms with van der Waals surface area (Å²) in [6, 6.07) is 11.8. The van der Waals surface area contributed by atoms with Crippen LogP contribution in [-0.4, -0.2) is 18.2 Å². The Balaban J connectivity index is 2.04. The van der Waals surface area contributed by atoms with E-state index in [1.807, 2.05) is 50.2 Å². The second kappa shape index (κ2) is 7.22. The lowest BCUT2D eigenvalue weighted by atomic mass is 10.1. The number of nitrogens with one attached hydrogen (secondary N) is 1. The predicted octanol–water partition coefficient (Wildman–Crippen LogP) is 3.88. The standard InChI is InChI=1S/C16H17BrN2O2/c1-3-11(2)18-19-15(20)10-21-14-9-8-12-6-4-5-7-13(12)16(14)17/h4-9H,3,10H2,1-2H3,(H,19,20)/b18-11+. The number of halogens is 1. The number of amides is 1. The monoisotopic (exact) mass is 348 g/mol. The van der Waals surface area contributed by atoms with Crippen LogP contribution in [0.1, 0.15) is 20.3 Å². The van der Waals surface area contributed by atoms with E-state index in [0.717, 1.165) is 27.4 Å². The van der Waals surface area contributed by atoms with Gasteiger partial charge in [0.2, 0.25) is 0 Å². The minimum atomic E-state index is -0.275. The molecule has 2 rings (SSSR count). The number of ether oxygens (including phenoxy) is 1. The van der Waals surface area contributed by atoms with Crippen LogP contribution in [0.4, 0.5) is 0 Å². The van der Waals surface area contributed by atoms with Crippen LogP contribution in [0.3, 0.4) is 0 Å². The molecule has 4 nitrogen and oxygen atoms in total. The molecule has 2 aromatic rings. The zero-order valence-corrected chi connectivity index (χ0v) is 13.6. The smallest absolute Gasteiger partial charge is 0.277 e. The molecule has 5 heteroatoms. The lowest BCUT2D eigenvalue weighted by molar-refractivity contribution is -0.123. The Kier molecular flexibility index (Phi) is 5.33. The zero-order valence-electron chi connectivity index (χ0n) is 12.0. The van der Waals surface area contributed by atoms with E-state index in [1.165, 1.54) is 0 Å². The molecular formula is C16H17BrN2O2. The van der Waals surface area contributed by atoms with E-state index in [0.29, 0.717) is 5.75 Å². The number of fused-ring (bicyclic) bond motifs is 1. The van der Waals surface area contributed by atoms with Crippen molar-refractivity contribution in [1.82, 2.24) is 5.43 Å². The summed E-state index contributed by atoms with van der Waals surface area (Å²) >= 11 is 3.52. The van der Waals surface area contributed by atoms with E-state index in [4.69, 9.17) is 4.74 Å². The highest BCUT2D eigenvalue weighted by Crippen LogP contribution is 2.32. The number of carbonyl (C=O) groups is 1. The molecule has 0 atom stereocenters. The van der Waals surface area contributed by atoms with Crippen molar-refractivity contribution in [2.24, 2.45) is 5.10 Å². The first-order chi connectivity index (χ1) is 10.1. The summed E-state index contributed by atoms with van der Waals surface area (Å²) in [4.78, 5) is 11.7. The molecule has 0 aliphatic carbocycles. The van der Waals surface area contributed by atoms with Gasteiger partial charge in [0.05, 0.1) is 4.47 Å². The second-order valence-corrected chi connectivity index (χ2v) is 5.42. The van der Waals surface area contributed by atoms with E-state index < -0.39 is 0 Å². The van der Waals surface area contributed by atoms with Crippen molar-refractivity contribution in [2.75, 3.05) is 6.61 Å². The Hall–Kier alpha value is -1.88. The number of hydrogen-bond acceptors (Lipinski definition) is 3. The molecule has 0 heterocycles. The van der Waals surface area contributed by atoms with Gasteiger partial charge in [-0.2, -0.15) is 5.10 Å². The summed E-state index contributed by atoms with van der Waals surface area (Å²) in [6.07, 6.45) is 0.803. The summed E-state index contributed by atoms with van der Waals surface area (Å²) in [7, 11) is 0. The van der Waals surface area contributed by atoms with Gasteiger partial charge in [0.15, 0.2) is 6.61 Å². The van der Waals surface area contributed by atoms with Gasteiger partial charge in [0.25, 0.3) is 5.91 Å². The molecule has 0 saturated heterocycles. The Morgan fingerprint density at radius 3 is 2.81 bits per heavy atom. The van der Waals surface area contributed by atoms with E-state index >= 15 is 0 Å². The SMILES string of the molecule is CC/C(C)=N/NC(=O)COc1ccc2ccccc2c1Br. The third kappa shape index (κ3) is 4.04. The fourth-order valence-electron chi connectivity index (χ4n) is 1.74. The summed E-state index contributed by atoms with van der Waals surface area (Å²) in [5.41, 5.74) is 3.34. The number of benzene rings is 2. The highest BCUT2D eigenvalue weighted by molar-refractivity contribution is 9.10. The van der Waals surface area contributed by atoms with Crippen molar-refractivity contribution in [3.8, 4) is 5.75 Å². The van der Waals surface area contributed by atoms with Gasteiger partial charge < -0.3 is 4.74 Å². The van der Waals surface area contributed by atoms with Gasteiger partial charge in [-0.25, -0.2) is 5.43 Å². The average Bonchev–Trinajstić information content (AvgIpc) is 2.52. The molecule has 0 aliphatic heterocycles. The van der Waals surface area contributed by atoms with Gasteiger partial charge in [0, 0.05) is 5.71 Å². The summed E-state index contributed by atoms with van der Waals surface area (Å²) < 4.78 is 6.39. The average molecular weight is 349 g/mol. The molecule has 0 aliphatic rings. The molecular weight excluding hydrogens is 332 g/mol. The van der Waals surface area contributed by atoms with Crippen LogP contribution in [0, 0.1) is 0 Å². The highest BCUT2D eigenvalue weighted by atomic mass is 79.9. The third-order valence-corrected chi connectivity index (χ3v) is 3.89. The molecule has 1 amide bonds. The van der Waals surface area contributed by atoms with Crippen molar-refractivity contribution in [3.05, 3.63) is 40.9 Å². The first-order valence-electron chi connectivity index (χ1n) is 6.74. The topological polar surface area (TPSA) is 50.7 Å². The normalized spacial score (nSPS) is 11.5. The summed E-state index contributed by atoms with van der Waals surface area (Å²) in [6.45, 7) is 3.77. The number of hydrogen-bond donors (Lipinski definition) is 1. The lowest BCUT2D eigenvalue weighted by Gasteiger charge is -2.09. The first-order valence-corrected chi connectivity index (χ1v) is 7.53. The maximum Gasteiger partial charge on any atom is 0.277 e. The molecule has 110 valence electrons. The van der Waals surface area contributed by atoms with Crippen molar-refractivity contribution in [1.29, 1.82) is 0 Å². The number of hydrazone groups is 1. The number of nitrogens with zero attached hydrogens (tertiary/aromatic N) is 1. The fraction of sp³-hybridized carbons (Fsp3) is 0.250. The van der Waals surface area contributed by atoms with Crippen LogP contribution in [0.25, 0.3) is 10.8 Å². The number of carbonyl (C=O) groups excluding carboxylic acids is 1. The van der Waals surface area contributed by atoms with Crippen LogP contribution in [-0.2, 0) is 4.79 Å². The lowest BCUT2D eigenvalue weighted by Crippen LogP contribution is -2.25. The summed E-state index contributed by atoms with van der Waals surface area (Å²) in [5, 5.41) is 6.12. The first kappa shape index (κ1) is 15.5. The Morgan fingerprint density at radius 1 is 1.29 bits per heavy atom. The Morgan fingerprint density at radius 2 is 2.05 bits per heavy atom. The maximum atomic E-state index is 11.7. The van der Waals surface area contributed by atoms with Gasteiger partial charge in [0.1, 0.15) is 5.75 Å². The Bertz CT molecular complexity index is 683. The minimum absolute atomic E-state index is 0.0720. The van der Waals surface area contributed by atoms with Crippen molar-refractivity contribution in [2.45, 2.75) is 20.3 Å². The molecule has 2 aromatic carbocycles. The van der Waals surface area contributed by atoms with Gasteiger partial charge in [-0.3, -0.25) is 4.79 Å². The van der Waals surface area contributed by atoms with Crippen LogP contribution in [0.2, 0.25) is 0 Å². The van der Waals surface area contributed by atoms with E-state index in [-0.39, 0.29) is 12.5 Å². The number of rotatable bonds is 5. The molecule has 0 fully saturated rings. The van der Waals surface area contributed by atoms with Crippen molar-refractivity contribution >= 4 is 38.3 Å². The summed E-state index contributed by atoms with van der Waals surface area (Å²) in [5.74, 6) is 0.364. The molecule has 1 N–H and O–H groups in total. The molecule has 21 heavy (non-hydrogen) atoms. The maximum absolute atomic E-state index is 11.7. The fourth-order valence-corrected chi connectivity index (χ4v) is 2.35. The highest BCUT2D eigenvalue weighted by Gasteiger charge is 2.08. The zero-order chi connectivity index (χ0) is 15.2.